The fourth-order valence-corrected chi connectivity index (χ4v) is 3.47. The largest absolute Gasteiger partial charge is 0.356 e. The second-order valence-electron chi connectivity index (χ2n) is 6.16. The number of benzene rings is 1. The molecule has 0 unspecified atom stereocenters. The van der Waals surface area contributed by atoms with Crippen molar-refractivity contribution in [2.75, 3.05) is 24.5 Å². The summed E-state index contributed by atoms with van der Waals surface area (Å²) in [6.07, 6.45) is 0.999. The van der Waals surface area contributed by atoms with Gasteiger partial charge in [-0.1, -0.05) is 31.3 Å². The van der Waals surface area contributed by atoms with Crippen molar-refractivity contribution < 1.29 is 9.18 Å². The van der Waals surface area contributed by atoms with E-state index in [1.165, 1.54) is 17.4 Å². The predicted molar refractivity (Wildman–Crippen MR) is 87.7 cm³/mol. The van der Waals surface area contributed by atoms with Gasteiger partial charge in [-0.25, -0.2) is 9.37 Å². The van der Waals surface area contributed by atoms with Crippen LogP contribution >= 0.6 is 11.3 Å². The maximum absolute atomic E-state index is 13.7. The Kier molecular flexibility index (Phi) is 4.29. The molecule has 2 aromatic rings. The van der Waals surface area contributed by atoms with Gasteiger partial charge in [-0.15, -0.1) is 0 Å². The molecule has 0 atom stereocenters. The smallest absolute Gasteiger partial charge is 0.226 e. The van der Waals surface area contributed by atoms with Crippen molar-refractivity contribution in [3.63, 3.8) is 0 Å². The molecular weight excluding hydrogens is 301 g/mol. The summed E-state index contributed by atoms with van der Waals surface area (Å²) in [6.45, 7) is 6.34. The van der Waals surface area contributed by atoms with Crippen LogP contribution in [0.1, 0.15) is 20.3 Å². The molecule has 0 aliphatic carbocycles. The van der Waals surface area contributed by atoms with Crippen LogP contribution in [0.3, 0.4) is 0 Å². The Morgan fingerprint density at radius 1 is 1.50 bits per heavy atom. The van der Waals surface area contributed by atoms with Crippen molar-refractivity contribution in [3.8, 4) is 0 Å². The van der Waals surface area contributed by atoms with Crippen LogP contribution in [0.25, 0.3) is 10.2 Å². The van der Waals surface area contributed by atoms with E-state index in [1.54, 1.807) is 6.07 Å². The molecule has 1 aromatic carbocycles. The number of anilines is 1. The fourth-order valence-electron chi connectivity index (χ4n) is 2.47. The molecule has 1 fully saturated rings. The van der Waals surface area contributed by atoms with Gasteiger partial charge in [0.25, 0.3) is 0 Å². The first kappa shape index (κ1) is 15.2. The van der Waals surface area contributed by atoms with Crippen LogP contribution in [0.2, 0.25) is 0 Å². The number of nitrogens with one attached hydrogen (secondary N) is 1. The standard InChI is InChI=1S/C16H20FN3OS/c1-10(2)6-7-18-15(21)11-8-20(9-11)16-19-14-12(17)4-3-5-13(14)22-16/h3-5,10-11H,6-9H2,1-2H3,(H,18,21). The van der Waals surface area contributed by atoms with Crippen LogP contribution in [0.5, 0.6) is 0 Å². The Morgan fingerprint density at radius 3 is 2.95 bits per heavy atom. The van der Waals surface area contributed by atoms with Gasteiger partial charge in [0, 0.05) is 19.6 Å². The Labute approximate surface area is 133 Å². The summed E-state index contributed by atoms with van der Waals surface area (Å²) in [6, 6.07) is 4.99. The number of hydrogen-bond donors (Lipinski definition) is 1. The highest BCUT2D eigenvalue weighted by atomic mass is 32.1. The third-order valence-electron chi connectivity index (χ3n) is 3.90. The maximum Gasteiger partial charge on any atom is 0.226 e. The number of carbonyl (C=O) groups excluding carboxylic acids is 1. The van der Waals surface area contributed by atoms with E-state index in [1.807, 2.05) is 11.0 Å². The number of nitrogens with zero attached hydrogens (tertiary/aromatic N) is 2. The van der Waals surface area contributed by atoms with Gasteiger partial charge < -0.3 is 10.2 Å². The molecule has 0 saturated carbocycles. The Balaban J connectivity index is 1.56. The number of carbonyl (C=O) groups is 1. The highest BCUT2D eigenvalue weighted by Gasteiger charge is 2.34. The predicted octanol–water partition coefficient (Wildman–Crippen LogP) is 3.03. The van der Waals surface area contributed by atoms with E-state index in [9.17, 15) is 9.18 Å². The van der Waals surface area contributed by atoms with Crippen molar-refractivity contribution in [2.24, 2.45) is 11.8 Å². The summed E-state index contributed by atoms with van der Waals surface area (Å²) >= 11 is 1.47. The summed E-state index contributed by atoms with van der Waals surface area (Å²) in [4.78, 5) is 18.4. The molecule has 1 aliphatic rings. The van der Waals surface area contributed by atoms with Gasteiger partial charge in [-0.2, -0.15) is 0 Å². The van der Waals surface area contributed by atoms with Crippen molar-refractivity contribution in [2.45, 2.75) is 20.3 Å². The maximum atomic E-state index is 13.7. The molecule has 22 heavy (non-hydrogen) atoms. The molecular formula is C16H20FN3OS. The second kappa shape index (κ2) is 6.20. The Hall–Kier alpha value is -1.69. The molecule has 0 radical (unpaired) electrons. The topological polar surface area (TPSA) is 45.2 Å². The van der Waals surface area contributed by atoms with Crippen molar-refractivity contribution in [1.29, 1.82) is 0 Å². The molecule has 0 bridgehead atoms. The van der Waals surface area contributed by atoms with Crippen molar-refractivity contribution >= 4 is 32.6 Å². The molecule has 1 aliphatic heterocycles. The van der Waals surface area contributed by atoms with Gasteiger partial charge in [0.2, 0.25) is 5.91 Å². The lowest BCUT2D eigenvalue weighted by atomic mass is 10.00. The van der Waals surface area contributed by atoms with Crippen molar-refractivity contribution in [3.05, 3.63) is 24.0 Å². The third-order valence-corrected chi connectivity index (χ3v) is 4.98. The first-order chi connectivity index (χ1) is 10.5. The minimum Gasteiger partial charge on any atom is -0.356 e. The number of rotatable bonds is 5. The molecule has 1 N–H and O–H groups in total. The van der Waals surface area contributed by atoms with Crippen LogP contribution in [-0.2, 0) is 4.79 Å². The summed E-state index contributed by atoms with van der Waals surface area (Å²) < 4.78 is 14.5. The number of hydrogen-bond acceptors (Lipinski definition) is 4. The number of halogens is 1. The highest BCUT2D eigenvalue weighted by Crippen LogP contribution is 2.33. The van der Waals surface area contributed by atoms with E-state index in [4.69, 9.17) is 0 Å². The van der Waals surface area contributed by atoms with E-state index < -0.39 is 0 Å². The van der Waals surface area contributed by atoms with Gasteiger partial charge in [0.1, 0.15) is 11.3 Å². The normalized spacial score (nSPS) is 15.4. The van der Waals surface area contributed by atoms with Gasteiger partial charge in [0.15, 0.2) is 5.13 Å². The van der Waals surface area contributed by atoms with E-state index in [0.717, 1.165) is 22.8 Å². The van der Waals surface area contributed by atoms with E-state index in [0.29, 0.717) is 24.5 Å². The molecule has 3 rings (SSSR count). The van der Waals surface area contributed by atoms with Gasteiger partial charge >= 0.3 is 0 Å². The minimum absolute atomic E-state index is 0.0176. The SMILES string of the molecule is CC(C)CCNC(=O)C1CN(c2nc3c(F)cccc3s2)C1. The fraction of sp³-hybridized carbons (Fsp3) is 0.500. The zero-order chi connectivity index (χ0) is 15.7. The summed E-state index contributed by atoms with van der Waals surface area (Å²) in [5, 5.41) is 3.78. The second-order valence-corrected chi connectivity index (χ2v) is 7.17. The van der Waals surface area contributed by atoms with Gasteiger partial charge in [-0.3, -0.25) is 4.79 Å². The first-order valence-electron chi connectivity index (χ1n) is 7.62. The minimum atomic E-state index is -0.288. The Morgan fingerprint density at radius 2 is 2.27 bits per heavy atom. The summed E-state index contributed by atoms with van der Waals surface area (Å²) in [5.74, 6) is 0.438. The molecule has 4 nitrogen and oxygen atoms in total. The lowest BCUT2D eigenvalue weighted by Gasteiger charge is -2.38. The van der Waals surface area contributed by atoms with Crippen LogP contribution in [0.15, 0.2) is 18.2 Å². The summed E-state index contributed by atoms with van der Waals surface area (Å²) in [5.41, 5.74) is 0.423. The molecule has 1 amide bonds. The number of fused-ring (bicyclic) bond motifs is 1. The first-order valence-corrected chi connectivity index (χ1v) is 8.44. The lowest BCUT2D eigenvalue weighted by molar-refractivity contribution is -0.125. The quantitative estimate of drug-likeness (QED) is 0.921. The van der Waals surface area contributed by atoms with E-state index >= 15 is 0 Å². The molecule has 6 heteroatoms. The van der Waals surface area contributed by atoms with Gasteiger partial charge in [0.05, 0.1) is 10.6 Å². The third kappa shape index (κ3) is 3.06. The highest BCUT2D eigenvalue weighted by molar-refractivity contribution is 7.22. The Bertz CT molecular complexity index is 679. The molecule has 0 spiro atoms. The van der Waals surface area contributed by atoms with Crippen LogP contribution < -0.4 is 10.2 Å². The van der Waals surface area contributed by atoms with E-state index in [2.05, 4.69) is 24.1 Å². The number of para-hydroxylation sites is 1. The molecule has 1 saturated heterocycles. The number of aromatic nitrogens is 1. The zero-order valence-corrected chi connectivity index (χ0v) is 13.6. The molecule has 2 heterocycles. The zero-order valence-electron chi connectivity index (χ0n) is 12.8. The average Bonchev–Trinajstić information content (AvgIpc) is 2.81. The van der Waals surface area contributed by atoms with Gasteiger partial charge in [-0.05, 0) is 24.5 Å². The molecule has 1 aromatic heterocycles. The van der Waals surface area contributed by atoms with Crippen LogP contribution in [-0.4, -0.2) is 30.5 Å². The average molecular weight is 321 g/mol. The van der Waals surface area contributed by atoms with Crippen LogP contribution in [0, 0.1) is 17.7 Å². The van der Waals surface area contributed by atoms with Crippen LogP contribution in [0.4, 0.5) is 9.52 Å². The van der Waals surface area contributed by atoms with Crippen molar-refractivity contribution in [1.82, 2.24) is 10.3 Å². The number of thiazole rings is 1. The number of amides is 1. The monoisotopic (exact) mass is 321 g/mol. The van der Waals surface area contributed by atoms with E-state index in [-0.39, 0.29) is 17.6 Å². The lowest BCUT2D eigenvalue weighted by Crippen LogP contribution is -2.53. The molecule has 118 valence electrons. The summed E-state index contributed by atoms with van der Waals surface area (Å²) in [7, 11) is 0.